The lowest BCUT2D eigenvalue weighted by Crippen LogP contribution is -2.02. The maximum Gasteiger partial charge on any atom is 0.336 e. The van der Waals surface area contributed by atoms with Crippen LogP contribution in [0.15, 0.2) is 21.3 Å². The van der Waals surface area contributed by atoms with Crippen LogP contribution in [0.3, 0.4) is 0 Å². The summed E-state index contributed by atoms with van der Waals surface area (Å²) in [5, 5.41) is 0.968. The first-order chi connectivity index (χ1) is 8.04. The van der Waals surface area contributed by atoms with Gasteiger partial charge in [0.25, 0.3) is 0 Å². The maximum atomic E-state index is 11.4. The second-order valence-corrected chi connectivity index (χ2v) is 5.03. The van der Waals surface area contributed by atoms with Crippen molar-refractivity contribution in [2.75, 3.05) is 6.61 Å². The molecule has 1 aromatic heterocycles. The Bertz CT molecular complexity index is 629. The van der Waals surface area contributed by atoms with Crippen molar-refractivity contribution in [2.24, 2.45) is 0 Å². The summed E-state index contributed by atoms with van der Waals surface area (Å²) in [6.07, 6.45) is 0. The van der Waals surface area contributed by atoms with E-state index < -0.39 is 0 Å². The zero-order valence-electron chi connectivity index (χ0n) is 9.96. The molecule has 17 heavy (non-hydrogen) atoms. The fraction of sp³-hybridized carbons (Fsp3) is 0.308. The lowest BCUT2D eigenvalue weighted by molar-refractivity contribution is 0.335. The van der Waals surface area contributed by atoms with Crippen molar-refractivity contribution in [1.29, 1.82) is 0 Å². The molecule has 3 nitrogen and oxygen atoms in total. The van der Waals surface area contributed by atoms with E-state index >= 15 is 0 Å². The molecule has 0 saturated heterocycles. The zero-order valence-corrected chi connectivity index (χ0v) is 12.1. The molecule has 1 heterocycles. The number of aryl methyl sites for hydroxylation is 2. The van der Waals surface area contributed by atoms with Gasteiger partial charge in [-0.1, -0.05) is 0 Å². The summed E-state index contributed by atoms with van der Waals surface area (Å²) in [6, 6.07) is 3.50. The van der Waals surface area contributed by atoms with Crippen LogP contribution in [0, 0.1) is 17.4 Å². The average Bonchev–Trinajstić information content (AvgIpc) is 2.26. The van der Waals surface area contributed by atoms with Crippen molar-refractivity contribution in [3.05, 3.63) is 37.2 Å². The smallest absolute Gasteiger partial charge is 0.336 e. The van der Waals surface area contributed by atoms with E-state index in [9.17, 15) is 4.79 Å². The number of ether oxygens (including phenoxy) is 1. The largest absolute Gasteiger partial charge is 0.492 e. The molecule has 0 aliphatic carbocycles. The predicted octanol–water partition coefficient (Wildman–Crippen LogP) is 3.41. The predicted molar refractivity (Wildman–Crippen MR) is 75.8 cm³/mol. The van der Waals surface area contributed by atoms with Crippen molar-refractivity contribution in [3.8, 4) is 5.75 Å². The zero-order chi connectivity index (χ0) is 12.6. The van der Waals surface area contributed by atoms with E-state index in [0.29, 0.717) is 12.2 Å². The Kier molecular flexibility index (Phi) is 3.42. The molecule has 90 valence electrons. The maximum absolute atomic E-state index is 11.4. The molecule has 0 aliphatic heterocycles. The van der Waals surface area contributed by atoms with Crippen molar-refractivity contribution in [2.45, 2.75) is 20.8 Å². The molecule has 4 heteroatoms. The SMILES string of the molecule is CCOc1c(I)cc2c(C)cc(=O)oc2c1C. The highest BCUT2D eigenvalue weighted by atomic mass is 127. The van der Waals surface area contributed by atoms with Gasteiger partial charge in [-0.2, -0.15) is 0 Å². The Labute approximate surface area is 113 Å². The van der Waals surface area contributed by atoms with Gasteiger partial charge in [-0.15, -0.1) is 0 Å². The van der Waals surface area contributed by atoms with Gasteiger partial charge in [0.15, 0.2) is 0 Å². The summed E-state index contributed by atoms with van der Waals surface area (Å²) in [6.45, 7) is 6.36. The molecule has 2 aromatic rings. The quantitative estimate of drug-likeness (QED) is 0.619. The van der Waals surface area contributed by atoms with E-state index in [0.717, 1.165) is 25.8 Å². The van der Waals surface area contributed by atoms with Crippen LogP contribution in [0.1, 0.15) is 18.1 Å². The van der Waals surface area contributed by atoms with Gasteiger partial charge in [-0.3, -0.25) is 0 Å². The Hall–Kier alpha value is -1.04. The van der Waals surface area contributed by atoms with E-state index in [4.69, 9.17) is 9.15 Å². The molecule has 0 aliphatic rings. The molecular weight excluding hydrogens is 331 g/mol. The van der Waals surface area contributed by atoms with E-state index in [-0.39, 0.29) is 5.63 Å². The van der Waals surface area contributed by atoms with Gasteiger partial charge in [0.2, 0.25) is 0 Å². The van der Waals surface area contributed by atoms with Crippen molar-refractivity contribution >= 4 is 33.6 Å². The lowest BCUT2D eigenvalue weighted by Gasteiger charge is -2.12. The van der Waals surface area contributed by atoms with Crippen LogP contribution in [-0.4, -0.2) is 6.61 Å². The van der Waals surface area contributed by atoms with Crippen LogP contribution in [0.2, 0.25) is 0 Å². The Balaban J connectivity index is 2.87. The van der Waals surface area contributed by atoms with Gasteiger partial charge >= 0.3 is 5.63 Å². The fourth-order valence-electron chi connectivity index (χ4n) is 1.87. The molecule has 0 N–H and O–H groups in total. The second-order valence-electron chi connectivity index (χ2n) is 3.87. The monoisotopic (exact) mass is 344 g/mol. The second kappa shape index (κ2) is 4.68. The van der Waals surface area contributed by atoms with Crippen molar-refractivity contribution < 1.29 is 9.15 Å². The standard InChI is InChI=1S/C13H13IO3/c1-4-16-13-8(3)12-9(6-10(13)14)7(2)5-11(15)17-12/h5-6H,4H2,1-3H3. The number of fused-ring (bicyclic) bond motifs is 1. The number of rotatable bonds is 2. The van der Waals surface area contributed by atoms with Crippen molar-refractivity contribution in [3.63, 3.8) is 0 Å². The van der Waals surface area contributed by atoms with Gasteiger partial charge in [-0.05, 0) is 55.0 Å². The first kappa shape index (κ1) is 12.4. The molecule has 0 unspecified atom stereocenters. The third-order valence-corrected chi connectivity index (χ3v) is 3.47. The Morgan fingerprint density at radius 3 is 2.71 bits per heavy atom. The molecule has 0 saturated carbocycles. The molecule has 2 rings (SSSR count). The third kappa shape index (κ3) is 2.18. The number of hydrogen-bond acceptors (Lipinski definition) is 3. The van der Waals surface area contributed by atoms with Crippen LogP contribution >= 0.6 is 22.6 Å². The van der Waals surface area contributed by atoms with E-state index in [1.165, 1.54) is 6.07 Å². The molecule has 0 bridgehead atoms. The summed E-state index contributed by atoms with van der Waals surface area (Å²) >= 11 is 2.24. The lowest BCUT2D eigenvalue weighted by atomic mass is 10.1. The highest BCUT2D eigenvalue weighted by Crippen LogP contribution is 2.33. The normalized spacial score (nSPS) is 10.8. The van der Waals surface area contributed by atoms with E-state index in [1.807, 2.05) is 26.8 Å². The van der Waals surface area contributed by atoms with Crippen LogP contribution in [0.4, 0.5) is 0 Å². The summed E-state index contributed by atoms with van der Waals surface area (Å²) in [7, 11) is 0. The molecule has 0 amide bonds. The summed E-state index contributed by atoms with van der Waals surface area (Å²) < 4.78 is 11.9. The van der Waals surface area contributed by atoms with Crippen LogP contribution in [-0.2, 0) is 0 Å². The average molecular weight is 344 g/mol. The molecular formula is C13H13IO3. The summed E-state index contributed by atoms with van der Waals surface area (Å²) in [5.41, 5.74) is 2.12. The minimum atomic E-state index is -0.318. The number of hydrogen-bond donors (Lipinski definition) is 0. The highest BCUT2D eigenvalue weighted by molar-refractivity contribution is 14.1. The van der Waals surface area contributed by atoms with Crippen LogP contribution < -0.4 is 10.4 Å². The first-order valence-electron chi connectivity index (χ1n) is 5.41. The van der Waals surface area contributed by atoms with Crippen LogP contribution in [0.25, 0.3) is 11.0 Å². The Morgan fingerprint density at radius 2 is 2.06 bits per heavy atom. The van der Waals surface area contributed by atoms with Gasteiger partial charge in [-0.25, -0.2) is 4.79 Å². The van der Waals surface area contributed by atoms with Gasteiger partial charge in [0, 0.05) is 17.0 Å². The Morgan fingerprint density at radius 1 is 1.35 bits per heavy atom. The number of halogens is 1. The molecule has 0 atom stereocenters. The van der Waals surface area contributed by atoms with Gasteiger partial charge in [0.1, 0.15) is 11.3 Å². The third-order valence-electron chi connectivity index (χ3n) is 2.66. The molecule has 0 radical (unpaired) electrons. The van der Waals surface area contributed by atoms with Crippen LogP contribution in [0.5, 0.6) is 5.75 Å². The van der Waals surface area contributed by atoms with Gasteiger partial charge < -0.3 is 9.15 Å². The topological polar surface area (TPSA) is 39.4 Å². The molecule has 0 fully saturated rings. The highest BCUT2D eigenvalue weighted by Gasteiger charge is 2.13. The summed E-state index contributed by atoms with van der Waals surface area (Å²) in [5.74, 6) is 0.800. The van der Waals surface area contributed by atoms with E-state index in [2.05, 4.69) is 22.6 Å². The van der Waals surface area contributed by atoms with Gasteiger partial charge in [0.05, 0.1) is 10.2 Å². The first-order valence-corrected chi connectivity index (χ1v) is 6.48. The fourth-order valence-corrected chi connectivity index (χ4v) is 2.74. The minimum Gasteiger partial charge on any atom is -0.492 e. The molecule has 1 aromatic carbocycles. The minimum absolute atomic E-state index is 0.318. The summed E-state index contributed by atoms with van der Waals surface area (Å²) in [4.78, 5) is 11.4. The van der Waals surface area contributed by atoms with E-state index in [1.54, 1.807) is 0 Å². The number of benzene rings is 1. The van der Waals surface area contributed by atoms with Crippen molar-refractivity contribution in [1.82, 2.24) is 0 Å². The molecule has 0 spiro atoms.